The van der Waals surface area contributed by atoms with E-state index in [1.807, 2.05) is 61.5 Å². The Morgan fingerprint density at radius 2 is 1.84 bits per heavy atom. The topological polar surface area (TPSA) is 88.0 Å². The van der Waals surface area contributed by atoms with Crippen molar-refractivity contribution in [3.63, 3.8) is 0 Å². The molecule has 0 spiro atoms. The number of rotatable bonds is 12. The SMILES string of the molecule is COc1cc(CC(C)(C)NCC(O)COC(C)c2ccccc2-c2ccc(C(=O)O)c(C)c2)ccc1Cl. The van der Waals surface area contributed by atoms with Gasteiger partial charge in [-0.25, -0.2) is 4.79 Å². The summed E-state index contributed by atoms with van der Waals surface area (Å²) in [6.45, 7) is 8.46. The van der Waals surface area contributed by atoms with Crippen LogP contribution in [0.4, 0.5) is 0 Å². The maximum absolute atomic E-state index is 11.4. The highest BCUT2D eigenvalue weighted by molar-refractivity contribution is 6.32. The molecular weight excluding hydrogens is 490 g/mol. The van der Waals surface area contributed by atoms with E-state index in [0.717, 1.165) is 28.7 Å². The Morgan fingerprint density at radius 3 is 2.51 bits per heavy atom. The van der Waals surface area contributed by atoms with Crippen LogP contribution < -0.4 is 10.1 Å². The number of nitrogens with one attached hydrogen (secondary N) is 1. The van der Waals surface area contributed by atoms with Gasteiger partial charge < -0.3 is 25.0 Å². The van der Waals surface area contributed by atoms with Crippen LogP contribution in [0.3, 0.4) is 0 Å². The molecule has 0 saturated carbocycles. The third kappa shape index (κ3) is 7.79. The molecule has 0 aromatic heterocycles. The number of β-amino-alcohol motifs (C(OH)–C–C–N with tert-alkyl or cyclic N) is 1. The zero-order valence-corrected chi connectivity index (χ0v) is 22.8. The maximum atomic E-state index is 11.4. The summed E-state index contributed by atoms with van der Waals surface area (Å²) in [5.74, 6) is -0.293. The monoisotopic (exact) mass is 525 g/mol. The number of methoxy groups -OCH3 is 1. The highest BCUT2D eigenvalue weighted by Crippen LogP contribution is 2.31. The van der Waals surface area contributed by atoms with Crippen molar-refractivity contribution in [1.29, 1.82) is 0 Å². The molecular formula is C30H36ClNO5. The van der Waals surface area contributed by atoms with Gasteiger partial charge in [-0.05, 0) is 80.1 Å². The molecule has 3 aromatic carbocycles. The predicted molar refractivity (Wildman–Crippen MR) is 148 cm³/mol. The summed E-state index contributed by atoms with van der Waals surface area (Å²) in [6.07, 6.45) is -0.219. The Bertz CT molecular complexity index is 1230. The van der Waals surface area contributed by atoms with Crippen LogP contribution in [0.5, 0.6) is 5.75 Å². The molecule has 2 atom stereocenters. The molecule has 0 heterocycles. The van der Waals surface area contributed by atoms with Crippen molar-refractivity contribution >= 4 is 17.6 Å². The minimum Gasteiger partial charge on any atom is -0.495 e. The Hall–Kier alpha value is -2.90. The second-order valence-electron chi connectivity index (χ2n) is 9.96. The van der Waals surface area contributed by atoms with Crippen molar-refractivity contribution in [1.82, 2.24) is 5.32 Å². The Balaban J connectivity index is 1.59. The first-order valence-corrected chi connectivity index (χ1v) is 12.7. The molecule has 2 unspecified atom stereocenters. The zero-order valence-electron chi connectivity index (χ0n) is 22.0. The number of ether oxygens (including phenoxy) is 2. The van der Waals surface area contributed by atoms with Crippen LogP contribution in [0, 0.1) is 6.92 Å². The summed E-state index contributed by atoms with van der Waals surface area (Å²) in [7, 11) is 1.60. The first-order chi connectivity index (χ1) is 17.5. The molecule has 0 fully saturated rings. The van der Waals surface area contributed by atoms with E-state index in [1.54, 1.807) is 20.1 Å². The lowest BCUT2D eigenvalue weighted by Gasteiger charge is -2.28. The lowest BCUT2D eigenvalue weighted by Crippen LogP contribution is -2.46. The molecule has 3 rings (SSSR count). The summed E-state index contributed by atoms with van der Waals surface area (Å²) < 4.78 is 11.4. The quantitative estimate of drug-likeness (QED) is 0.266. The molecule has 198 valence electrons. The van der Waals surface area contributed by atoms with E-state index in [4.69, 9.17) is 21.1 Å². The van der Waals surface area contributed by atoms with Gasteiger partial charge in [-0.1, -0.05) is 54.1 Å². The van der Waals surface area contributed by atoms with Gasteiger partial charge in [0.25, 0.3) is 0 Å². The van der Waals surface area contributed by atoms with Crippen molar-refractivity contribution < 1.29 is 24.5 Å². The van der Waals surface area contributed by atoms with E-state index >= 15 is 0 Å². The second kappa shape index (κ2) is 12.6. The zero-order chi connectivity index (χ0) is 27.2. The fraction of sp³-hybridized carbons (Fsp3) is 0.367. The van der Waals surface area contributed by atoms with Crippen LogP contribution in [0.1, 0.15) is 53.9 Å². The Labute approximate surface area is 224 Å². The van der Waals surface area contributed by atoms with Crippen molar-refractivity contribution in [2.24, 2.45) is 0 Å². The summed E-state index contributed by atoms with van der Waals surface area (Å²) in [5.41, 5.74) is 4.69. The average molecular weight is 526 g/mol. The molecule has 0 saturated heterocycles. The van der Waals surface area contributed by atoms with Crippen LogP contribution in [0.25, 0.3) is 11.1 Å². The lowest BCUT2D eigenvalue weighted by atomic mass is 9.94. The van der Waals surface area contributed by atoms with Gasteiger partial charge in [0.15, 0.2) is 0 Å². The number of carboxylic acids is 1. The molecule has 3 aromatic rings. The van der Waals surface area contributed by atoms with E-state index in [0.29, 0.717) is 28.4 Å². The fourth-order valence-electron chi connectivity index (χ4n) is 4.37. The first-order valence-electron chi connectivity index (χ1n) is 12.3. The van der Waals surface area contributed by atoms with E-state index in [2.05, 4.69) is 19.2 Å². The number of halogens is 1. The standard InChI is InChI=1S/C30H36ClNO5/c1-19-14-22(11-12-24(19)29(34)35)26-9-7-6-8-25(26)20(2)37-18-23(33)17-32-30(3,4)16-21-10-13-27(31)28(15-21)36-5/h6-15,20,23,32-33H,16-18H2,1-5H3,(H,34,35). The summed E-state index contributed by atoms with van der Waals surface area (Å²) in [5, 5.41) is 24.0. The number of aliphatic hydroxyl groups is 1. The third-order valence-corrected chi connectivity index (χ3v) is 6.70. The third-order valence-electron chi connectivity index (χ3n) is 6.38. The Kier molecular flexibility index (Phi) is 9.74. The van der Waals surface area contributed by atoms with Gasteiger partial charge in [0.1, 0.15) is 5.75 Å². The number of benzene rings is 3. The van der Waals surface area contributed by atoms with Gasteiger partial charge in [0, 0.05) is 12.1 Å². The van der Waals surface area contributed by atoms with Crippen LogP contribution in [0.2, 0.25) is 5.02 Å². The Morgan fingerprint density at radius 1 is 1.11 bits per heavy atom. The van der Waals surface area contributed by atoms with Crippen LogP contribution >= 0.6 is 11.6 Å². The number of carbonyl (C=O) groups is 1. The highest BCUT2D eigenvalue weighted by atomic mass is 35.5. The first kappa shape index (κ1) is 28.7. The van der Waals surface area contributed by atoms with Crippen molar-refractivity contribution in [2.45, 2.75) is 51.9 Å². The molecule has 7 heteroatoms. The highest BCUT2D eigenvalue weighted by Gasteiger charge is 2.21. The number of aryl methyl sites for hydroxylation is 1. The predicted octanol–water partition coefficient (Wildman–Crippen LogP) is 6.07. The van der Waals surface area contributed by atoms with Gasteiger partial charge in [-0.3, -0.25) is 0 Å². The van der Waals surface area contributed by atoms with Gasteiger partial charge in [0.05, 0.1) is 36.5 Å². The number of hydrogen-bond donors (Lipinski definition) is 3. The molecule has 0 aliphatic carbocycles. The molecule has 37 heavy (non-hydrogen) atoms. The maximum Gasteiger partial charge on any atom is 0.335 e. The van der Waals surface area contributed by atoms with Gasteiger partial charge >= 0.3 is 5.97 Å². The molecule has 3 N–H and O–H groups in total. The van der Waals surface area contributed by atoms with Crippen LogP contribution in [-0.2, 0) is 11.2 Å². The number of aliphatic hydroxyl groups excluding tert-OH is 1. The minimum atomic E-state index is -0.937. The summed E-state index contributed by atoms with van der Waals surface area (Å²) in [4.78, 5) is 11.4. The van der Waals surface area contributed by atoms with E-state index in [-0.39, 0.29) is 18.2 Å². The largest absolute Gasteiger partial charge is 0.495 e. The molecule has 0 bridgehead atoms. The van der Waals surface area contributed by atoms with E-state index in [9.17, 15) is 15.0 Å². The summed E-state index contributed by atoms with van der Waals surface area (Å²) in [6, 6.07) is 19.0. The van der Waals surface area contributed by atoms with E-state index < -0.39 is 12.1 Å². The van der Waals surface area contributed by atoms with Crippen LogP contribution in [-0.4, -0.2) is 48.1 Å². The van der Waals surface area contributed by atoms with Gasteiger partial charge in [-0.2, -0.15) is 0 Å². The number of carboxylic acid groups (broad SMARTS) is 1. The second-order valence-corrected chi connectivity index (χ2v) is 10.4. The van der Waals surface area contributed by atoms with Gasteiger partial charge in [-0.15, -0.1) is 0 Å². The molecule has 0 aliphatic rings. The summed E-state index contributed by atoms with van der Waals surface area (Å²) >= 11 is 6.13. The molecule has 0 radical (unpaired) electrons. The fourth-order valence-corrected chi connectivity index (χ4v) is 4.57. The van der Waals surface area contributed by atoms with Gasteiger partial charge in [0.2, 0.25) is 0 Å². The number of aromatic carboxylic acids is 1. The van der Waals surface area contributed by atoms with Crippen molar-refractivity contribution in [2.75, 3.05) is 20.3 Å². The molecule has 0 amide bonds. The molecule has 6 nitrogen and oxygen atoms in total. The normalized spacial score (nSPS) is 13.3. The minimum absolute atomic E-state index is 0.171. The molecule has 0 aliphatic heterocycles. The number of hydrogen-bond acceptors (Lipinski definition) is 5. The lowest BCUT2D eigenvalue weighted by molar-refractivity contribution is -0.00397. The van der Waals surface area contributed by atoms with Crippen molar-refractivity contribution in [3.05, 3.63) is 87.9 Å². The smallest absolute Gasteiger partial charge is 0.335 e. The average Bonchev–Trinajstić information content (AvgIpc) is 2.86. The van der Waals surface area contributed by atoms with Crippen molar-refractivity contribution in [3.8, 4) is 16.9 Å². The van der Waals surface area contributed by atoms with Crippen LogP contribution in [0.15, 0.2) is 60.7 Å². The van der Waals surface area contributed by atoms with E-state index in [1.165, 1.54) is 0 Å².